The summed E-state index contributed by atoms with van der Waals surface area (Å²) in [4.78, 5) is 29.9. The van der Waals surface area contributed by atoms with Crippen molar-refractivity contribution in [2.24, 2.45) is 5.92 Å². The van der Waals surface area contributed by atoms with Crippen molar-refractivity contribution < 1.29 is 14.3 Å². The van der Waals surface area contributed by atoms with Gasteiger partial charge < -0.3 is 14.5 Å². The van der Waals surface area contributed by atoms with E-state index in [4.69, 9.17) is 4.74 Å². The van der Waals surface area contributed by atoms with Gasteiger partial charge in [0.1, 0.15) is 0 Å². The van der Waals surface area contributed by atoms with E-state index in [1.807, 2.05) is 52.3 Å². The molecule has 2 aromatic rings. The smallest absolute Gasteiger partial charge is 0.254 e. The SMILES string of the molecule is CC(C)[C@@H]1CO[C@@]23CCN(C(=O)c4ccc(-c5ccccc5)cc4)[C@@H]2CC(=O)N13. The van der Waals surface area contributed by atoms with Gasteiger partial charge in [-0.2, -0.15) is 0 Å². The molecule has 3 saturated heterocycles. The summed E-state index contributed by atoms with van der Waals surface area (Å²) in [7, 11) is 0. The zero-order valence-electron chi connectivity index (χ0n) is 16.9. The number of hydrogen-bond acceptors (Lipinski definition) is 3. The Morgan fingerprint density at radius 2 is 1.76 bits per heavy atom. The summed E-state index contributed by atoms with van der Waals surface area (Å²) in [5, 5.41) is 0. The number of likely N-dealkylation sites (tertiary alicyclic amines) is 1. The van der Waals surface area contributed by atoms with Crippen LogP contribution in [0.25, 0.3) is 11.1 Å². The van der Waals surface area contributed by atoms with Gasteiger partial charge in [-0.05, 0) is 29.2 Å². The maximum atomic E-state index is 13.3. The molecule has 0 aromatic heterocycles. The minimum Gasteiger partial charge on any atom is -0.351 e. The lowest BCUT2D eigenvalue weighted by Gasteiger charge is -2.34. The Balaban J connectivity index is 1.39. The second-order valence-electron chi connectivity index (χ2n) is 8.64. The van der Waals surface area contributed by atoms with Gasteiger partial charge in [-0.3, -0.25) is 9.59 Å². The topological polar surface area (TPSA) is 49.9 Å². The van der Waals surface area contributed by atoms with Crippen molar-refractivity contribution in [2.75, 3.05) is 13.2 Å². The van der Waals surface area contributed by atoms with Gasteiger partial charge in [-0.15, -0.1) is 0 Å². The third-order valence-electron chi connectivity index (χ3n) is 6.76. The Kier molecular flexibility index (Phi) is 4.24. The van der Waals surface area contributed by atoms with Crippen molar-refractivity contribution in [1.29, 1.82) is 0 Å². The second kappa shape index (κ2) is 6.70. The molecule has 0 saturated carbocycles. The van der Waals surface area contributed by atoms with E-state index < -0.39 is 5.72 Å². The summed E-state index contributed by atoms with van der Waals surface area (Å²) in [5.41, 5.74) is 2.25. The van der Waals surface area contributed by atoms with Gasteiger partial charge in [0.2, 0.25) is 5.91 Å². The van der Waals surface area contributed by atoms with E-state index in [9.17, 15) is 9.59 Å². The maximum absolute atomic E-state index is 13.3. The Bertz CT molecular complexity index is 940. The van der Waals surface area contributed by atoms with Crippen LogP contribution in [0.2, 0.25) is 0 Å². The van der Waals surface area contributed by atoms with Crippen molar-refractivity contribution in [2.45, 2.75) is 44.5 Å². The van der Waals surface area contributed by atoms with Gasteiger partial charge in [-0.25, -0.2) is 0 Å². The highest BCUT2D eigenvalue weighted by molar-refractivity contribution is 5.96. The fourth-order valence-electron chi connectivity index (χ4n) is 5.22. The standard InChI is InChI=1S/C24H26N2O3/c1-16(2)20-15-29-24-12-13-25(21(24)14-22(27)26(20)24)23(28)19-10-8-18(9-11-19)17-6-4-3-5-7-17/h3-11,16,20-21H,12-15H2,1-2H3/t20-,21+,24-/m0/s1. The first kappa shape index (κ1) is 18.4. The summed E-state index contributed by atoms with van der Waals surface area (Å²) in [6, 6.07) is 17.8. The normalized spacial score (nSPS) is 28.2. The third-order valence-corrected chi connectivity index (χ3v) is 6.76. The van der Waals surface area contributed by atoms with Gasteiger partial charge in [0.15, 0.2) is 5.72 Å². The minimum absolute atomic E-state index is 0.0160. The Hall–Kier alpha value is -2.66. The van der Waals surface area contributed by atoms with E-state index >= 15 is 0 Å². The van der Waals surface area contributed by atoms with Gasteiger partial charge in [0.25, 0.3) is 5.91 Å². The van der Waals surface area contributed by atoms with Gasteiger partial charge >= 0.3 is 0 Å². The van der Waals surface area contributed by atoms with E-state index in [1.54, 1.807) is 0 Å². The van der Waals surface area contributed by atoms with E-state index in [-0.39, 0.29) is 23.9 Å². The zero-order valence-corrected chi connectivity index (χ0v) is 16.9. The van der Waals surface area contributed by atoms with Crippen molar-refractivity contribution in [3.05, 3.63) is 60.2 Å². The molecule has 3 atom stereocenters. The predicted molar refractivity (Wildman–Crippen MR) is 110 cm³/mol. The third kappa shape index (κ3) is 2.71. The van der Waals surface area contributed by atoms with Crippen LogP contribution in [0.15, 0.2) is 54.6 Å². The molecule has 0 radical (unpaired) electrons. The summed E-state index contributed by atoms with van der Waals surface area (Å²) < 4.78 is 6.24. The largest absolute Gasteiger partial charge is 0.351 e. The van der Waals surface area contributed by atoms with Gasteiger partial charge in [-0.1, -0.05) is 56.3 Å². The lowest BCUT2D eigenvalue weighted by atomic mass is 10.0. The number of carbonyl (C=O) groups is 2. The van der Waals surface area contributed by atoms with Crippen molar-refractivity contribution in [1.82, 2.24) is 9.80 Å². The number of ether oxygens (including phenoxy) is 1. The van der Waals surface area contributed by atoms with Crippen LogP contribution in [0.4, 0.5) is 0 Å². The highest BCUT2D eigenvalue weighted by Gasteiger charge is 2.65. The summed E-state index contributed by atoms with van der Waals surface area (Å²) >= 11 is 0. The highest BCUT2D eigenvalue weighted by atomic mass is 16.5. The molecule has 2 aromatic carbocycles. The number of nitrogens with zero attached hydrogens (tertiary/aromatic N) is 2. The molecule has 3 fully saturated rings. The average Bonchev–Trinajstić information content (AvgIpc) is 3.37. The monoisotopic (exact) mass is 390 g/mol. The Morgan fingerprint density at radius 3 is 2.45 bits per heavy atom. The molecule has 0 N–H and O–H groups in total. The molecular weight excluding hydrogens is 364 g/mol. The summed E-state index contributed by atoms with van der Waals surface area (Å²) in [6.07, 6.45) is 1.05. The first-order chi connectivity index (χ1) is 14.0. The molecule has 150 valence electrons. The van der Waals surface area contributed by atoms with Crippen molar-refractivity contribution in [3.8, 4) is 11.1 Å². The van der Waals surface area contributed by atoms with Crippen LogP contribution in [-0.4, -0.2) is 52.6 Å². The Labute approximate surface area is 171 Å². The number of rotatable bonds is 3. The number of carbonyl (C=O) groups excluding carboxylic acids is 2. The summed E-state index contributed by atoms with van der Waals surface area (Å²) in [6.45, 7) is 5.44. The zero-order chi connectivity index (χ0) is 20.2. The molecule has 29 heavy (non-hydrogen) atoms. The minimum atomic E-state index is -0.619. The lowest BCUT2D eigenvalue weighted by Crippen LogP contribution is -2.51. The van der Waals surface area contributed by atoms with Crippen LogP contribution in [0, 0.1) is 5.92 Å². The predicted octanol–water partition coefficient (Wildman–Crippen LogP) is 3.55. The van der Waals surface area contributed by atoms with Crippen molar-refractivity contribution >= 4 is 11.8 Å². The first-order valence-corrected chi connectivity index (χ1v) is 10.4. The van der Waals surface area contributed by atoms with E-state index in [1.165, 1.54) is 0 Å². The molecule has 5 heteroatoms. The fourth-order valence-corrected chi connectivity index (χ4v) is 5.22. The molecule has 3 aliphatic heterocycles. The van der Waals surface area contributed by atoms with Crippen LogP contribution < -0.4 is 0 Å². The molecule has 1 spiro atoms. The molecule has 2 amide bonds. The van der Waals surface area contributed by atoms with Crippen LogP contribution in [-0.2, 0) is 9.53 Å². The number of amides is 2. The van der Waals surface area contributed by atoms with Crippen LogP contribution in [0.3, 0.4) is 0 Å². The summed E-state index contributed by atoms with van der Waals surface area (Å²) in [5.74, 6) is 0.438. The van der Waals surface area contributed by atoms with E-state index in [0.29, 0.717) is 37.5 Å². The molecule has 0 unspecified atom stereocenters. The molecule has 5 rings (SSSR count). The molecule has 5 nitrogen and oxygen atoms in total. The maximum Gasteiger partial charge on any atom is 0.254 e. The van der Waals surface area contributed by atoms with Gasteiger partial charge in [0.05, 0.1) is 25.1 Å². The molecule has 0 aliphatic carbocycles. The first-order valence-electron chi connectivity index (χ1n) is 10.4. The Morgan fingerprint density at radius 1 is 1.07 bits per heavy atom. The second-order valence-corrected chi connectivity index (χ2v) is 8.64. The van der Waals surface area contributed by atoms with Crippen LogP contribution in [0.1, 0.15) is 37.0 Å². The molecule has 3 heterocycles. The fraction of sp³-hybridized carbons (Fsp3) is 0.417. The van der Waals surface area contributed by atoms with E-state index in [0.717, 1.165) is 11.1 Å². The number of hydrogen-bond donors (Lipinski definition) is 0. The quantitative estimate of drug-likeness (QED) is 0.805. The van der Waals surface area contributed by atoms with Crippen molar-refractivity contribution in [3.63, 3.8) is 0 Å². The van der Waals surface area contributed by atoms with Crippen LogP contribution >= 0.6 is 0 Å². The molecule has 3 aliphatic rings. The van der Waals surface area contributed by atoms with E-state index in [2.05, 4.69) is 26.0 Å². The number of benzene rings is 2. The molecular formula is C24H26N2O3. The highest BCUT2D eigenvalue weighted by Crippen LogP contribution is 2.49. The average molecular weight is 390 g/mol. The van der Waals surface area contributed by atoms with Gasteiger partial charge in [0, 0.05) is 18.5 Å². The van der Waals surface area contributed by atoms with Crippen LogP contribution in [0.5, 0.6) is 0 Å². The molecule has 0 bridgehead atoms. The lowest BCUT2D eigenvalue weighted by molar-refractivity contribution is -0.139.